The Labute approximate surface area is 162 Å². The summed E-state index contributed by atoms with van der Waals surface area (Å²) in [5.41, 5.74) is 2.39. The van der Waals surface area contributed by atoms with Crippen molar-refractivity contribution in [3.63, 3.8) is 0 Å². The predicted molar refractivity (Wildman–Crippen MR) is 106 cm³/mol. The summed E-state index contributed by atoms with van der Waals surface area (Å²) in [5.74, 6) is -0.907. The first-order valence-corrected chi connectivity index (χ1v) is 9.13. The van der Waals surface area contributed by atoms with Gasteiger partial charge in [-0.1, -0.05) is 36.4 Å². The van der Waals surface area contributed by atoms with Crippen LogP contribution in [0.1, 0.15) is 31.0 Å². The van der Waals surface area contributed by atoms with E-state index < -0.39 is 17.8 Å². The zero-order valence-corrected chi connectivity index (χ0v) is 15.6. The first-order valence-electron chi connectivity index (χ1n) is 9.13. The fraction of sp³-hybridized carbons (Fsp3) is 0.182. The zero-order valence-electron chi connectivity index (χ0n) is 15.6. The average Bonchev–Trinajstić information content (AvgIpc) is 3.17. The minimum absolute atomic E-state index is 0.109. The van der Waals surface area contributed by atoms with Gasteiger partial charge in [0.15, 0.2) is 0 Å². The maximum absolute atomic E-state index is 13.9. The minimum atomic E-state index is -0.549. The van der Waals surface area contributed by atoms with Gasteiger partial charge in [0.1, 0.15) is 11.5 Å². The number of hydrogen-bond acceptors (Lipinski definition) is 2. The van der Waals surface area contributed by atoms with E-state index in [0.29, 0.717) is 5.56 Å². The van der Waals surface area contributed by atoms with Crippen LogP contribution in [0.4, 0.5) is 9.18 Å². The number of carbonyl (C=O) groups is 2. The first kappa shape index (κ1) is 18.0. The molecule has 4 rings (SSSR count). The number of nitrogens with one attached hydrogen (secondary N) is 1. The number of urea groups is 1. The van der Waals surface area contributed by atoms with Gasteiger partial charge in [-0.2, -0.15) is 0 Å². The summed E-state index contributed by atoms with van der Waals surface area (Å²) in [4.78, 5) is 26.1. The Morgan fingerprint density at radius 1 is 1.07 bits per heavy atom. The Morgan fingerprint density at radius 3 is 2.54 bits per heavy atom. The molecule has 6 heteroatoms. The standard InChI is InChI=1S/C22H20FN3O2/c1-14(2)25-13-16(17-8-4-6-10-20(17)25)11-19-21(27)26(22(28)24-19)12-15-7-3-5-9-18(15)23/h3-11,13-14H,12H2,1-2H3,(H,24,28). The second-order valence-electron chi connectivity index (χ2n) is 7.07. The fourth-order valence-corrected chi connectivity index (χ4v) is 3.44. The van der Waals surface area contributed by atoms with Crippen LogP contribution in [0, 0.1) is 5.82 Å². The molecule has 1 aliphatic heterocycles. The molecule has 1 aromatic heterocycles. The summed E-state index contributed by atoms with van der Waals surface area (Å²) < 4.78 is 16.0. The van der Waals surface area contributed by atoms with Gasteiger partial charge in [-0.3, -0.25) is 9.69 Å². The Kier molecular flexibility index (Phi) is 4.47. The van der Waals surface area contributed by atoms with E-state index in [0.717, 1.165) is 21.4 Å². The van der Waals surface area contributed by atoms with Crippen LogP contribution in [0.25, 0.3) is 17.0 Å². The van der Waals surface area contributed by atoms with Crippen molar-refractivity contribution >= 4 is 28.9 Å². The van der Waals surface area contributed by atoms with Crippen LogP contribution >= 0.6 is 0 Å². The van der Waals surface area contributed by atoms with Gasteiger partial charge in [0.25, 0.3) is 5.91 Å². The van der Waals surface area contributed by atoms with E-state index in [4.69, 9.17) is 0 Å². The van der Waals surface area contributed by atoms with Gasteiger partial charge >= 0.3 is 6.03 Å². The maximum Gasteiger partial charge on any atom is 0.329 e. The molecule has 1 saturated heterocycles. The number of nitrogens with zero attached hydrogens (tertiary/aromatic N) is 2. The number of amides is 3. The van der Waals surface area contributed by atoms with Crippen LogP contribution in [-0.2, 0) is 11.3 Å². The van der Waals surface area contributed by atoms with Crippen LogP contribution in [0.5, 0.6) is 0 Å². The van der Waals surface area contributed by atoms with Crippen LogP contribution < -0.4 is 5.32 Å². The molecule has 1 N–H and O–H groups in total. The molecular formula is C22H20FN3O2. The number of aromatic nitrogens is 1. The Balaban J connectivity index is 1.68. The topological polar surface area (TPSA) is 54.3 Å². The number of para-hydroxylation sites is 1. The molecule has 0 radical (unpaired) electrons. The quantitative estimate of drug-likeness (QED) is 0.539. The number of halogens is 1. The van der Waals surface area contributed by atoms with Crippen molar-refractivity contribution in [1.82, 2.24) is 14.8 Å². The normalized spacial score (nSPS) is 15.9. The summed E-state index contributed by atoms with van der Waals surface area (Å²) in [6, 6.07) is 13.7. The molecule has 3 amide bonds. The molecule has 0 saturated carbocycles. The molecule has 1 fully saturated rings. The number of rotatable bonds is 4. The van der Waals surface area contributed by atoms with Gasteiger partial charge in [-0.25, -0.2) is 9.18 Å². The van der Waals surface area contributed by atoms with Crippen molar-refractivity contribution in [3.8, 4) is 0 Å². The average molecular weight is 377 g/mol. The summed E-state index contributed by atoms with van der Waals surface area (Å²) in [6.45, 7) is 4.06. The van der Waals surface area contributed by atoms with Crippen LogP contribution in [0.15, 0.2) is 60.4 Å². The summed E-state index contributed by atoms with van der Waals surface area (Å²) >= 11 is 0. The van der Waals surface area contributed by atoms with Crippen molar-refractivity contribution in [2.75, 3.05) is 0 Å². The number of benzene rings is 2. The second-order valence-corrected chi connectivity index (χ2v) is 7.07. The molecule has 142 valence electrons. The van der Waals surface area contributed by atoms with Crippen molar-refractivity contribution in [2.45, 2.75) is 26.4 Å². The van der Waals surface area contributed by atoms with E-state index >= 15 is 0 Å². The molecule has 0 atom stereocenters. The van der Waals surface area contributed by atoms with Gasteiger partial charge in [0.05, 0.1) is 6.54 Å². The van der Waals surface area contributed by atoms with Gasteiger partial charge < -0.3 is 9.88 Å². The van der Waals surface area contributed by atoms with Crippen LogP contribution in [-0.4, -0.2) is 21.4 Å². The van der Waals surface area contributed by atoms with Crippen molar-refractivity contribution in [1.29, 1.82) is 0 Å². The SMILES string of the molecule is CC(C)n1cc(C=C2NC(=O)N(Cc3ccccc3F)C2=O)c2ccccc21. The smallest absolute Gasteiger partial charge is 0.329 e. The van der Waals surface area contributed by atoms with E-state index in [1.165, 1.54) is 6.07 Å². The molecule has 2 aromatic carbocycles. The lowest BCUT2D eigenvalue weighted by Gasteiger charge is -2.12. The molecule has 28 heavy (non-hydrogen) atoms. The molecule has 2 heterocycles. The molecule has 0 aliphatic carbocycles. The second kappa shape index (κ2) is 6.96. The third-order valence-corrected chi connectivity index (χ3v) is 4.88. The van der Waals surface area contributed by atoms with E-state index in [9.17, 15) is 14.0 Å². The van der Waals surface area contributed by atoms with Crippen LogP contribution in [0.3, 0.4) is 0 Å². The molecule has 0 bridgehead atoms. The largest absolute Gasteiger partial charge is 0.344 e. The summed E-state index contributed by atoms with van der Waals surface area (Å²) in [5, 5.41) is 3.61. The number of imide groups is 1. The minimum Gasteiger partial charge on any atom is -0.344 e. The molecule has 1 aliphatic rings. The van der Waals surface area contributed by atoms with E-state index in [-0.39, 0.29) is 18.3 Å². The Morgan fingerprint density at radius 2 is 1.79 bits per heavy atom. The lowest BCUT2D eigenvalue weighted by molar-refractivity contribution is -0.123. The highest BCUT2D eigenvalue weighted by Crippen LogP contribution is 2.27. The third kappa shape index (κ3) is 3.07. The number of fused-ring (bicyclic) bond motifs is 1. The van der Waals surface area contributed by atoms with Gasteiger partial charge in [-0.05, 0) is 32.1 Å². The highest BCUT2D eigenvalue weighted by molar-refractivity contribution is 6.14. The lowest BCUT2D eigenvalue weighted by atomic mass is 10.1. The third-order valence-electron chi connectivity index (χ3n) is 4.88. The molecule has 0 spiro atoms. The van der Waals surface area contributed by atoms with Gasteiger partial charge in [0.2, 0.25) is 0 Å². The fourth-order valence-electron chi connectivity index (χ4n) is 3.44. The van der Waals surface area contributed by atoms with Gasteiger partial charge in [-0.15, -0.1) is 0 Å². The van der Waals surface area contributed by atoms with Crippen LogP contribution in [0.2, 0.25) is 0 Å². The predicted octanol–water partition coefficient (Wildman–Crippen LogP) is 4.45. The highest BCUT2D eigenvalue weighted by Gasteiger charge is 2.34. The van der Waals surface area contributed by atoms with Crippen molar-refractivity contribution < 1.29 is 14.0 Å². The maximum atomic E-state index is 13.9. The van der Waals surface area contributed by atoms with Crippen molar-refractivity contribution in [3.05, 3.63) is 77.4 Å². The van der Waals surface area contributed by atoms with E-state index in [1.807, 2.05) is 30.5 Å². The summed E-state index contributed by atoms with van der Waals surface area (Å²) in [6.07, 6.45) is 3.66. The summed E-state index contributed by atoms with van der Waals surface area (Å²) in [7, 11) is 0. The molecule has 0 unspecified atom stereocenters. The Bertz CT molecular complexity index is 1110. The molecule has 3 aromatic rings. The van der Waals surface area contributed by atoms with E-state index in [2.05, 4.69) is 23.7 Å². The zero-order chi connectivity index (χ0) is 19.8. The lowest BCUT2D eigenvalue weighted by Crippen LogP contribution is -2.30. The van der Waals surface area contributed by atoms with Crippen molar-refractivity contribution in [2.24, 2.45) is 0 Å². The monoisotopic (exact) mass is 377 g/mol. The Hall–Kier alpha value is -3.41. The highest BCUT2D eigenvalue weighted by atomic mass is 19.1. The first-order chi connectivity index (χ1) is 13.5. The van der Waals surface area contributed by atoms with E-state index in [1.54, 1.807) is 24.3 Å². The van der Waals surface area contributed by atoms with Gasteiger partial charge in [0, 0.05) is 34.3 Å². The number of hydrogen-bond donors (Lipinski definition) is 1. The molecular weight excluding hydrogens is 357 g/mol. The number of carbonyl (C=O) groups excluding carboxylic acids is 2. The molecule has 5 nitrogen and oxygen atoms in total.